The van der Waals surface area contributed by atoms with Crippen molar-refractivity contribution in [2.24, 2.45) is 5.92 Å². The third-order valence-electron chi connectivity index (χ3n) is 2.56. The number of benzene rings is 1. The minimum absolute atomic E-state index is 0.0304. The fraction of sp³-hybridized carbons (Fsp3) is 0.500. The Labute approximate surface area is 104 Å². The van der Waals surface area contributed by atoms with Gasteiger partial charge in [-0.15, -0.1) is 0 Å². The molecule has 0 radical (unpaired) electrons. The highest BCUT2D eigenvalue weighted by molar-refractivity contribution is 9.10. The molecule has 2 rings (SSSR count). The Bertz CT molecular complexity index is 350. The molecule has 1 fully saturated rings. The number of rotatable bonds is 6. The summed E-state index contributed by atoms with van der Waals surface area (Å²) in [5, 5.41) is 9.16. The van der Waals surface area contributed by atoms with E-state index in [0.717, 1.165) is 22.6 Å². The molecule has 1 aromatic rings. The molecule has 88 valence electrons. The largest absolute Gasteiger partial charge is 0.466 e. The smallest absolute Gasteiger partial charge is 0.189 e. The number of ether oxygens (including phenoxy) is 2. The summed E-state index contributed by atoms with van der Waals surface area (Å²) >= 11 is 3.39. The molecule has 0 saturated heterocycles. The topological polar surface area (TPSA) is 38.7 Å². The standard InChI is InChI=1S/C12H15BrO3/c13-11-3-1-2-10(6-14)12(11)16-8-15-7-9-4-5-9/h1-3,9,14H,4-8H2. The highest BCUT2D eigenvalue weighted by Gasteiger charge is 2.21. The quantitative estimate of drug-likeness (QED) is 0.646. The van der Waals surface area contributed by atoms with E-state index in [4.69, 9.17) is 14.6 Å². The first-order chi connectivity index (χ1) is 7.81. The number of hydrogen-bond acceptors (Lipinski definition) is 3. The van der Waals surface area contributed by atoms with Gasteiger partial charge in [0.05, 0.1) is 17.7 Å². The summed E-state index contributed by atoms with van der Waals surface area (Å²) in [4.78, 5) is 0. The monoisotopic (exact) mass is 286 g/mol. The Morgan fingerprint density at radius 1 is 1.38 bits per heavy atom. The minimum Gasteiger partial charge on any atom is -0.466 e. The highest BCUT2D eigenvalue weighted by Crippen LogP contribution is 2.30. The molecule has 1 aliphatic carbocycles. The van der Waals surface area contributed by atoms with E-state index in [2.05, 4.69) is 15.9 Å². The fourth-order valence-electron chi connectivity index (χ4n) is 1.44. The highest BCUT2D eigenvalue weighted by atomic mass is 79.9. The van der Waals surface area contributed by atoms with Crippen LogP contribution in [0.1, 0.15) is 18.4 Å². The zero-order chi connectivity index (χ0) is 11.4. The van der Waals surface area contributed by atoms with Crippen LogP contribution in [0.3, 0.4) is 0 Å². The Hall–Kier alpha value is -0.580. The lowest BCUT2D eigenvalue weighted by molar-refractivity contribution is 0.00848. The summed E-state index contributed by atoms with van der Waals surface area (Å²) in [7, 11) is 0. The van der Waals surface area contributed by atoms with Crippen LogP contribution in [0, 0.1) is 5.92 Å². The summed E-state index contributed by atoms with van der Waals surface area (Å²) in [6.45, 7) is 0.989. The van der Waals surface area contributed by atoms with Gasteiger partial charge in [-0.25, -0.2) is 0 Å². The minimum atomic E-state index is -0.0304. The van der Waals surface area contributed by atoms with E-state index in [1.54, 1.807) is 0 Å². The lowest BCUT2D eigenvalue weighted by Gasteiger charge is -2.11. The molecule has 0 atom stereocenters. The number of aliphatic hydroxyl groups is 1. The maximum atomic E-state index is 9.16. The van der Waals surface area contributed by atoms with Crippen molar-refractivity contribution in [1.29, 1.82) is 0 Å². The van der Waals surface area contributed by atoms with E-state index in [1.807, 2.05) is 18.2 Å². The first-order valence-corrected chi connectivity index (χ1v) is 6.19. The number of halogens is 1. The summed E-state index contributed by atoms with van der Waals surface area (Å²) in [5.74, 6) is 1.40. The maximum Gasteiger partial charge on any atom is 0.189 e. The maximum absolute atomic E-state index is 9.16. The Kier molecular flexibility index (Phi) is 4.21. The fourth-order valence-corrected chi connectivity index (χ4v) is 1.96. The molecule has 0 spiro atoms. The summed E-state index contributed by atoms with van der Waals surface area (Å²) in [6, 6.07) is 5.59. The zero-order valence-corrected chi connectivity index (χ0v) is 10.6. The van der Waals surface area contributed by atoms with E-state index >= 15 is 0 Å². The van der Waals surface area contributed by atoms with E-state index in [-0.39, 0.29) is 13.4 Å². The van der Waals surface area contributed by atoms with Crippen molar-refractivity contribution < 1.29 is 14.6 Å². The Morgan fingerprint density at radius 2 is 2.19 bits per heavy atom. The SMILES string of the molecule is OCc1cccc(Br)c1OCOCC1CC1. The molecule has 1 N–H and O–H groups in total. The molecular formula is C12H15BrO3. The van der Waals surface area contributed by atoms with Crippen LogP contribution in [0.5, 0.6) is 5.75 Å². The molecule has 0 unspecified atom stereocenters. The van der Waals surface area contributed by atoms with Crippen molar-refractivity contribution >= 4 is 15.9 Å². The van der Waals surface area contributed by atoms with Crippen LogP contribution in [-0.4, -0.2) is 18.5 Å². The van der Waals surface area contributed by atoms with Crippen molar-refractivity contribution in [3.63, 3.8) is 0 Å². The van der Waals surface area contributed by atoms with Crippen LogP contribution in [0.4, 0.5) is 0 Å². The van der Waals surface area contributed by atoms with Crippen molar-refractivity contribution in [1.82, 2.24) is 0 Å². The molecule has 1 aromatic carbocycles. The second-order valence-corrected chi connectivity index (χ2v) is 4.82. The molecule has 16 heavy (non-hydrogen) atoms. The van der Waals surface area contributed by atoms with Crippen molar-refractivity contribution in [2.75, 3.05) is 13.4 Å². The van der Waals surface area contributed by atoms with Crippen molar-refractivity contribution in [3.05, 3.63) is 28.2 Å². The number of para-hydroxylation sites is 1. The second-order valence-electron chi connectivity index (χ2n) is 3.96. The summed E-state index contributed by atoms with van der Waals surface area (Å²) < 4.78 is 11.7. The normalized spacial score (nSPS) is 15.1. The van der Waals surface area contributed by atoms with Crippen LogP contribution in [0.25, 0.3) is 0 Å². The van der Waals surface area contributed by atoms with Gasteiger partial charge >= 0.3 is 0 Å². The average Bonchev–Trinajstić information content (AvgIpc) is 3.09. The Morgan fingerprint density at radius 3 is 2.88 bits per heavy atom. The van der Waals surface area contributed by atoms with Gasteiger partial charge < -0.3 is 14.6 Å². The van der Waals surface area contributed by atoms with Gasteiger partial charge in [0.15, 0.2) is 6.79 Å². The van der Waals surface area contributed by atoms with Gasteiger partial charge in [0.2, 0.25) is 0 Å². The van der Waals surface area contributed by atoms with Crippen LogP contribution in [-0.2, 0) is 11.3 Å². The van der Waals surface area contributed by atoms with Gasteiger partial charge in [0.25, 0.3) is 0 Å². The first-order valence-electron chi connectivity index (χ1n) is 5.40. The molecule has 0 aromatic heterocycles. The predicted molar refractivity (Wildman–Crippen MR) is 64.2 cm³/mol. The number of aliphatic hydroxyl groups excluding tert-OH is 1. The molecule has 0 amide bonds. The molecular weight excluding hydrogens is 272 g/mol. The van der Waals surface area contributed by atoms with E-state index in [1.165, 1.54) is 12.8 Å². The van der Waals surface area contributed by atoms with Crippen LogP contribution < -0.4 is 4.74 Å². The third-order valence-corrected chi connectivity index (χ3v) is 3.18. The zero-order valence-electron chi connectivity index (χ0n) is 8.99. The summed E-state index contributed by atoms with van der Waals surface area (Å²) in [6.07, 6.45) is 2.55. The van der Waals surface area contributed by atoms with Crippen LogP contribution in [0.15, 0.2) is 22.7 Å². The predicted octanol–water partition coefficient (Wildman–Crippen LogP) is 2.70. The lowest BCUT2D eigenvalue weighted by Crippen LogP contribution is -2.07. The van der Waals surface area contributed by atoms with E-state index < -0.39 is 0 Å². The first kappa shape index (κ1) is 11.9. The van der Waals surface area contributed by atoms with Crippen molar-refractivity contribution in [3.8, 4) is 5.75 Å². The third kappa shape index (κ3) is 3.20. The number of hydrogen-bond donors (Lipinski definition) is 1. The van der Waals surface area contributed by atoms with E-state index in [0.29, 0.717) is 5.75 Å². The van der Waals surface area contributed by atoms with Crippen molar-refractivity contribution in [2.45, 2.75) is 19.4 Å². The van der Waals surface area contributed by atoms with Crippen LogP contribution >= 0.6 is 15.9 Å². The summed E-state index contributed by atoms with van der Waals surface area (Å²) in [5.41, 5.74) is 0.768. The average molecular weight is 287 g/mol. The van der Waals surface area contributed by atoms with E-state index in [9.17, 15) is 0 Å². The van der Waals surface area contributed by atoms with Gasteiger partial charge in [-0.05, 0) is 40.8 Å². The molecule has 4 heteroatoms. The molecule has 1 saturated carbocycles. The van der Waals surface area contributed by atoms with Gasteiger partial charge in [0.1, 0.15) is 5.75 Å². The van der Waals surface area contributed by atoms with Gasteiger partial charge in [-0.2, -0.15) is 0 Å². The van der Waals surface area contributed by atoms with Gasteiger partial charge in [-0.3, -0.25) is 0 Å². The molecule has 0 heterocycles. The molecule has 0 bridgehead atoms. The molecule has 1 aliphatic rings. The Balaban J connectivity index is 1.86. The molecule has 0 aliphatic heterocycles. The van der Waals surface area contributed by atoms with Crippen LogP contribution in [0.2, 0.25) is 0 Å². The second kappa shape index (κ2) is 5.66. The molecule has 3 nitrogen and oxygen atoms in total. The lowest BCUT2D eigenvalue weighted by atomic mass is 10.2. The van der Waals surface area contributed by atoms with Gasteiger partial charge in [0, 0.05) is 5.56 Å². The van der Waals surface area contributed by atoms with Gasteiger partial charge in [-0.1, -0.05) is 12.1 Å².